The first-order valence-electron chi connectivity index (χ1n) is 8.78. The third kappa shape index (κ3) is 5.10. The Morgan fingerprint density at radius 1 is 1.27 bits per heavy atom. The third-order valence-corrected chi connectivity index (χ3v) is 4.06. The van der Waals surface area contributed by atoms with E-state index in [0.29, 0.717) is 38.3 Å². The Balaban J connectivity index is 1.36. The Labute approximate surface area is 152 Å². The average Bonchev–Trinajstić information content (AvgIpc) is 3.29. The van der Waals surface area contributed by atoms with E-state index >= 15 is 0 Å². The topological polar surface area (TPSA) is 83.8 Å². The summed E-state index contributed by atoms with van der Waals surface area (Å²) < 4.78 is 10.6. The lowest BCUT2D eigenvalue weighted by Crippen LogP contribution is -2.30. The van der Waals surface area contributed by atoms with Crippen LogP contribution in [0.15, 0.2) is 47.1 Å². The number of amides is 3. The van der Waals surface area contributed by atoms with Crippen LogP contribution in [0.25, 0.3) is 0 Å². The number of rotatable bonds is 8. The van der Waals surface area contributed by atoms with Crippen molar-refractivity contribution < 1.29 is 18.7 Å². The standard InChI is InChI=1S/C19H23N3O4/c23-18-8-2-10-22(18)16-6-1-5-15(13-16)21-19(24)20-9-4-11-25-14-17-7-3-12-26-17/h1,3,5-7,12-13H,2,4,8-11,14H2,(H2,20,21,24). The molecule has 0 bridgehead atoms. The van der Waals surface area contributed by atoms with E-state index in [1.165, 1.54) is 0 Å². The molecular formula is C19H23N3O4. The second-order valence-corrected chi connectivity index (χ2v) is 6.07. The molecule has 3 rings (SSSR count). The molecule has 3 amide bonds. The van der Waals surface area contributed by atoms with E-state index in [0.717, 1.165) is 24.4 Å². The van der Waals surface area contributed by atoms with Crippen LogP contribution >= 0.6 is 0 Å². The zero-order chi connectivity index (χ0) is 18.2. The van der Waals surface area contributed by atoms with Crippen LogP contribution in [0.1, 0.15) is 25.0 Å². The van der Waals surface area contributed by atoms with Gasteiger partial charge in [-0.3, -0.25) is 4.79 Å². The van der Waals surface area contributed by atoms with Crippen LogP contribution in [-0.2, 0) is 16.1 Å². The SMILES string of the molecule is O=C(NCCCOCc1ccco1)Nc1cccc(N2CCCC2=O)c1. The van der Waals surface area contributed by atoms with Crippen molar-refractivity contribution in [1.29, 1.82) is 0 Å². The summed E-state index contributed by atoms with van der Waals surface area (Å²) in [5.41, 5.74) is 1.48. The summed E-state index contributed by atoms with van der Waals surface area (Å²) in [6.07, 6.45) is 3.77. The predicted molar refractivity (Wildman–Crippen MR) is 98.0 cm³/mol. The van der Waals surface area contributed by atoms with E-state index in [1.807, 2.05) is 30.3 Å². The molecule has 1 aromatic carbocycles. The minimum absolute atomic E-state index is 0.126. The molecule has 0 unspecified atom stereocenters. The fourth-order valence-corrected chi connectivity index (χ4v) is 2.79. The van der Waals surface area contributed by atoms with Gasteiger partial charge in [0.15, 0.2) is 0 Å². The van der Waals surface area contributed by atoms with E-state index in [4.69, 9.17) is 9.15 Å². The van der Waals surface area contributed by atoms with Crippen molar-refractivity contribution in [2.45, 2.75) is 25.9 Å². The number of urea groups is 1. The van der Waals surface area contributed by atoms with Gasteiger partial charge in [-0.05, 0) is 43.2 Å². The van der Waals surface area contributed by atoms with Gasteiger partial charge < -0.3 is 24.7 Å². The van der Waals surface area contributed by atoms with Crippen LogP contribution < -0.4 is 15.5 Å². The smallest absolute Gasteiger partial charge is 0.319 e. The van der Waals surface area contributed by atoms with Gasteiger partial charge in [0, 0.05) is 37.5 Å². The van der Waals surface area contributed by atoms with Crippen molar-refractivity contribution in [3.8, 4) is 0 Å². The molecule has 0 spiro atoms. The highest BCUT2D eigenvalue weighted by atomic mass is 16.5. The van der Waals surface area contributed by atoms with Gasteiger partial charge in [0.25, 0.3) is 0 Å². The molecule has 0 radical (unpaired) electrons. The molecule has 2 heterocycles. The van der Waals surface area contributed by atoms with Crippen LogP contribution in [0.2, 0.25) is 0 Å². The van der Waals surface area contributed by atoms with Crippen molar-refractivity contribution in [3.63, 3.8) is 0 Å². The second-order valence-electron chi connectivity index (χ2n) is 6.07. The molecule has 1 saturated heterocycles. The molecule has 7 nitrogen and oxygen atoms in total. The summed E-state index contributed by atoms with van der Waals surface area (Å²) >= 11 is 0. The van der Waals surface area contributed by atoms with Gasteiger partial charge in [0.05, 0.1) is 6.26 Å². The number of anilines is 2. The molecule has 1 aromatic heterocycles. The Kier molecular flexibility index (Phi) is 6.27. The molecule has 0 aliphatic carbocycles. The van der Waals surface area contributed by atoms with E-state index in [1.54, 1.807) is 17.2 Å². The minimum atomic E-state index is -0.277. The Morgan fingerprint density at radius 3 is 2.96 bits per heavy atom. The van der Waals surface area contributed by atoms with Crippen molar-refractivity contribution in [3.05, 3.63) is 48.4 Å². The Bertz CT molecular complexity index is 730. The Hall–Kier alpha value is -2.80. The average molecular weight is 357 g/mol. The normalized spacial score (nSPS) is 13.8. The fraction of sp³-hybridized carbons (Fsp3) is 0.368. The summed E-state index contributed by atoms with van der Waals surface area (Å²) in [5.74, 6) is 0.910. The van der Waals surface area contributed by atoms with Crippen LogP contribution in [0.3, 0.4) is 0 Å². The Morgan fingerprint density at radius 2 is 2.19 bits per heavy atom. The molecule has 2 aromatic rings. The van der Waals surface area contributed by atoms with Crippen LogP contribution in [-0.4, -0.2) is 31.6 Å². The van der Waals surface area contributed by atoms with Crippen LogP contribution in [0.5, 0.6) is 0 Å². The number of nitrogens with one attached hydrogen (secondary N) is 2. The highest BCUT2D eigenvalue weighted by molar-refractivity contribution is 5.96. The van der Waals surface area contributed by atoms with Crippen LogP contribution in [0, 0.1) is 0 Å². The highest BCUT2D eigenvalue weighted by Gasteiger charge is 2.21. The first-order chi connectivity index (χ1) is 12.7. The van der Waals surface area contributed by atoms with Gasteiger partial charge in [0.2, 0.25) is 5.91 Å². The summed E-state index contributed by atoms with van der Waals surface area (Å²) in [7, 11) is 0. The number of benzene rings is 1. The number of carbonyl (C=O) groups is 2. The van der Waals surface area contributed by atoms with Gasteiger partial charge in [0.1, 0.15) is 12.4 Å². The summed E-state index contributed by atoms with van der Waals surface area (Å²) in [6.45, 7) is 2.20. The number of hydrogen-bond acceptors (Lipinski definition) is 4. The summed E-state index contributed by atoms with van der Waals surface area (Å²) in [6, 6.07) is 10.7. The van der Waals surface area contributed by atoms with E-state index in [9.17, 15) is 9.59 Å². The molecule has 7 heteroatoms. The quantitative estimate of drug-likeness (QED) is 0.711. The maximum atomic E-state index is 12.0. The van der Waals surface area contributed by atoms with Crippen molar-refractivity contribution in [1.82, 2.24) is 5.32 Å². The van der Waals surface area contributed by atoms with Crippen LogP contribution in [0.4, 0.5) is 16.2 Å². The van der Waals surface area contributed by atoms with Gasteiger partial charge in [-0.15, -0.1) is 0 Å². The number of hydrogen-bond donors (Lipinski definition) is 2. The summed E-state index contributed by atoms with van der Waals surface area (Å²) in [5, 5.41) is 5.58. The number of nitrogens with zero attached hydrogens (tertiary/aromatic N) is 1. The molecule has 1 aliphatic heterocycles. The first kappa shape index (κ1) is 18.0. The predicted octanol–water partition coefficient (Wildman–Crippen LogP) is 3.13. The summed E-state index contributed by atoms with van der Waals surface area (Å²) in [4.78, 5) is 25.5. The monoisotopic (exact) mass is 357 g/mol. The molecule has 138 valence electrons. The lowest BCUT2D eigenvalue weighted by atomic mass is 10.2. The molecule has 0 atom stereocenters. The molecular weight excluding hydrogens is 334 g/mol. The highest BCUT2D eigenvalue weighted by Crippen LogP contribution is 2.24. The minimum Gasteiger partial charge on any atom is -0.467 e. The maximum Gasteiger partial charge on any atom is 0.319 e. The second kappa shape index (κ2) is 9.05. The number of furan rings is 1. The van der Waals surface area contributed by atoms with E-state index < -0.39 is 0 Å². The molecule has 0 saturated carbocycles. The van der Waals surface area contributed by atoms with Crippen molar-refractivity contribution in [2.24, 2.45) is 0 Å². The zero-order valence-electron chi connectivity index (χ0n) is 14.6. The molecule has 1 aliphatic rings. The van der Waals surface area contributed by atoms with E-state index in [2.05, 4.69) is 10.6 Å². The first-order valence-corrected chi connectivity index (χ1v) is 8.78. The largest absolute Gasteiger partial charge is 0.467 e. The van der Waals surface area contributed by atoms with Gasteiger partial charge >= 0.3 is 6.03 Å². The lowest BCUT2D eigenvalue weighted by Gasteiger charge is -2.17. The van der Waals surface area contributed by atoms with Gasteiger partial charge in [-0.25, -0.2) is 4.79 Å². The van der Waals surface area contributed by atoms with Gasteiger partial charge in [-0.2, -0.15) is 0 Å². The maximum absolute atomic E-state index is 12.0. The molecule has 1 fully saturated rings. The lowest BCUT2D eigenvalue weighted by molar-refractivity contribution is -0.117. The van der Waals surface area contributed by atoms with E-state index in [-0.39, 0.29) is 11.9 Å². The van der Waals surface area contributed by atoms with Crippen molar-refractivity contribution >= 4 is 23.3 Å². The fourth-order valence-electron chi connectivity index (χ4n) is 2.79. The number of ether oxygens (including phenoxy) is 1. The number of carbonyl (C=O) groups excluding carboxylic acids is 2. The third-order valence-electron chi connectivity index (χ3n) is 4.06. The van der Waals surface area contributed by atoms with Gasteiger partial charge in [-0.1, -0.05) is 6.07 Å². The zero-order valence-corrected chi connectivity index (χ0v) is 14.6. The molecule has 2 N–H and O–H groups in total. The van der Waals surface area contributed by atoms with Crippen molar-refractivity contribution in [2.75, 3.05) is 29.9 Å². The molecule has 26 heavy (non-hydrogen) atoms.